The minimum Gasteiger partial charge on any atom is -0.387 e. The first kappa shape index (κ1) is 14.7. The molecule has 0 radical (unpaired) electrons. The van der Waals surface area contributed by atoms with Gasteiger partial charge in [-0.05, 0) is 43.9 Å². The van der Waals surface area contributed by atoms with E-state index in [1.165, 1.54) is 6.07 Å². The van der Waals surface area contributed by atoms with Crippen molar-refractivity contribution in [2.45, 2.75) is 32.0 Å². The number of amides is 1. The highest BCUT2D eigenvalue weighted by atomic mass is 19.4. The number of nitrogens with one attached hydrogen (secondary N) is 2. The predicted molar refractivity (Wildman–Crippen MR) is 70.6 cm³/mol. The fourth-order valence-electron chi connectivity index (χ4n) is 2.13. The normalized spacial score (nSPS) is 16.6. The summed E-state index contributed by atoms with van der Waals surface area (Å²) in [6.07, 6.45) is -2.34. The molecular formula is C14H17F3N2O. The summed E-state index contributed by atoms with van der Waals surface area (Å²) in [5, 5.41) is 5.51. The van der Waals surface area contributed by atoms with Gasteiger partial charge in [0.2, 0.25) is 0 Å². The summed E-state index contributed by atoms with van der Waals surface area (Å²) in [4.78, 5) is 12.1. The third-order valence-electron chi connectivity index (χ3n) is 3.55. The molecule has 1 saturated carbocycles. The first-order chi connectivity index (χ1) is 9.32. The monoisotopic (exact) mass is 286 g/mol. The molecule has 1 aromatic carbocycles. The molecule has 1 atom stereocenters. The van der Waals surface area contributed by atoms with Crippen LogP contribution in [0.4, 0.5) is 18.9 Å². The van der Waals surface area contributed by atoms with Crippen LogP contribution in [0.2, 0.25) is 0 Å². The molecule has 0 bridgehead atoms. The maximum atomic E-state index is 12.7. The first-order valence-corrected chi connectivity index (χ1v) is 6.52. The molecule has 0 saturated heterocycles. The van der Waals surface area contributed by atoms with Crippen molar-refractivity contribution in [3.8, 4) is 0 Å². The molecule has 1 aliphatic carbocycles. The van der Waals surface area contributed by atoms with Crippen LogP contribution in [-0.4, -0.2) is 19.0 Å². The number of carbonyl (C=O) groups is 1. The zero-order valence-electron chi connectivity index (χ0n) is 11.3. The Morgan fingerprint density at radius 1 is 1.35 bits per heavy atom. The van der Waals surface area contributed by atoms with Crippen molar-refractivity contribution in [2.75, 3.05) is 12.4 Å². The van der Waals surface area contributed by atoms with E-state index in [4.69, 9.17) is 0 Å². The van der Waals surface area contributed by atoms with Crippen LogP contribution in [0.5, 0.6) is 0 Å². The van der Waals surface area contributed by atoms with Gasteiger partial charge in [-0.25, -0.2) is 0 Å². The van der Waals surface area contributed by atoms with E-state index in [2.05, 4.69) is 10.6 Å². The van der Waals surface area contributed by atoms with Crippen molar-refractivity contribution in [2.24, 2.45) is 5.92 Å². The number of hydrogen-bond donors (Lipinski definition) is 2. The summed E-state index contributed by atoms with van der Waals surface area (Å²) < 4.78 is 38.1. The minimum absolute atomic E-state index is 0.0123. The first-order valence-electron chi connectivity index (χ1n) is 6.52. The van der Waals surface area contributed by atoms with Crippen molar-refractivity contribution >= 4 is 11.6 Å². The Morgan fingerprint density at radius 3 is 2.50 bits per heavy atom. The van der Waals surface area contributed by atoms with Gasteiger partial charge in [-0.2, -0.15) is 13.2 Å². The zero-order valence-corrected chi connectivity index (χ0v) is 11.3. The SMILES string of the molecule is CNc1ccc(C(F)(F)F)cc1C(=O)NC(C)C1CC1. The summed E-state index contributed by atoms with van der Waals surface area (Å²) in [6, 6.07) is 3.12. The molecule has 2 rings (SSSR count). The Balaban J connectivity index is 2.25. The molecule has 1 amide bonds. The molecule has 6 heteroatoms. The van der Waals surface area contributed by atoms with Gasteiger partial charge in [-0.3, -0.25) is 4.79 Å². The fourth-order valence-corrected chi connectivity index (χ4v) is 2.13. The quantitative estimate of drug-likeness (QED) is 0.892. The number of benzene rings is 1. The molecule has 110 valence electrons. The fraction of sp³-hybridized carbons (Fsp3) is 0.500. The molecule has 1 aliphatic rings. The summed E-state index contributed by atoms with van der Waals surface area (Å²) in [5.41, 5.74) is -0.408. The molecule has 0 heterocycles. The summed E-state index contributed by atoms with van der Waals surface area (Å²) in [7, 11) is 1.57. The number of rotatable bonds is 4. The molecule has 0 spiro atoms. The smallest absolute Gasteiger partial charge is 0.387 e. The van der Waals surface area contributed by atoms with Gasteiger partial charge in [0.25, 0.3) is 5.91 Å². The number of alkyl halides is 3. The van der Waals surface area contributed by atoms with Gasteiger partial charge in [-0.15, -0.1) is 0 Å². The van der Waals surface area contributed by atoms with Crippen molar-refractivity contribution < 1.29 is 18.0 Å². The highest BCUT2D eigenvalue weighted by Crippen LogP contribution is 2.34. The van der Waals surface area contributed by atoms with E-state index in [-0.39, 0.29) is 11.6 Å². The second-order valence-corrected chi connectivity index (χ2v) is 5.11. The molecule has 1 unspecified atom stereocenters. The maximum absolute atomic E-state index is 12.7. The van der Waals surface area contributed by atoms with E-state index in [1.807, 2.05) is 6.92 Å². The molecular weight excluding hydrogens is 269 g/mol. The van der Waals surface area contributed by atoms with Crippen LogP contribution in [0, 0.1) is 5.92 Å². The summed E-state index contributed by atoms with van der Waals surface area (Å²) in [5.74, 6) is -0.0253. The van der Waals surface area contributed by atoms with E-state index in [1.54, 1.807) is 7.05 Å². The number of anilines is 1. The van der Waals surface area contributed by atoms with Crippen LogP contribution in [0.25, 0.3) is 0 Å². The van der Waals surface area contributed by atoms with Crippen LogP contribution < -0.4 is 10.6 Å². The van der Waals surface area contributed by atoms with Crippen LogP contribution in [-0.2, 0) is 6.18 Å². The van der Waals surface area contributed by atoms with E-state index < -0.39 is 17.6 Å². The minimum atomic E-state index is -4.45. The van der Waals surface area contributed by atoms with Gasteiger partial charge >= 0.3 is 6.18 Å². The van der Waals surface area contributed by atoms with Crippen LogP contribution in [0.3, 0.4) is 0 Å². The maximum Gasteiger partial charge on any atom is 0.416 e. The van der Waals surface area contributed by atoms with Gasteiger partial charge in [0.05, 0.1) is 11.1 Å². The average molecular weight is 286 g/mol. The Labute approximate surface area is 115 Å². The van der Waals surface area contributed by atoms with Gasteiger partial charge < -0.3 is 10.6 Å². The predicted octanol–water partition coefficient (Wildman–Crippen LogP) is 3.28. The van der Waals surface area contributed by atoms with Crippen molar-refractivity contribution in [3.05, 3.63) is 29.3 Å². The van der Waals surface area contributed by atoms with Crippen LogP contribution in [0.1, 0.15) is 35.7 Å². The zero-order chi connectivity index (χ0) is 14.9. The Kier molecular flexibility index (Phi) is 3.92. The van der Waals surface area contributed by atoms with E-state index in [0.717, 1.165) is 25.0 Å². The molecule has 0 aromatic heterocycles. The molecule has 1 aromatic rings. The van der Waals surface area contributed by atoms with Crippen molar-refractivity contribution in [1.82, 2.24) is 5.32 Å². The van der Waals surface area contributed by atoms with Gasteiger partial charge in [0, 0.05) is 18.8 Å². The number of hydrogen-bond acceptors (Lipinski definition) is 2. The molecule has 3 nitrogen and oxygen atoms in total. The van der Waals surface area contributed by atoms with E-state index in [0.29, 0.717) is 11.6 Å². The molecule has 2 N–H and O–H groups in total. The number of carbonyl (C=O) groups excluding carboxylic acids is 1. The van der Waals surface area contributed by atoms with Gasteiger partial charge in [0.1, 0.15) is 0 Å². The van der Waals surface area contributed by atoms with Crippen LogP contribution in [0.15, 0.2) is 18.2 Å². The molecule has 20 heavy (non-hydrogen) atoms. The Hall–Kier alpha value is -1.72. The second kappa shape index (κ2) is 5.34. The lowest BCUT2D eigenvalue weighted by Crippen LogP contribution is -2.34. The van der Waals surface area contributed by atoms with E-state index in [9.17, 15) is 18.0 Å². The highest BCUT2D eigenvalue weighted by Gasteiger charge is 2.33. The highest BCUT2D eigenvalue weighted by molar-refractivity contribution is 6.00. The Morgan fingerprint density at radius 2 is 2.00 bits per heavy atom. The third-order valence-corrected chi connectivity index (χ3v) is 3.55. The third kappa shape index (κ3) is 3.23. The van der Waals surface area contributed by atoms with E-state index >= 15 is 0 Å². The lowest BCUT2D eigenvalue weighted by Gasteiger charge is -2.16. The molecule has 1 fully saturated rings. The van der Waals surface area contributed by atoms with Gasteiger partial charge in [-0.1, -0.05) is 0 Å². The number of halogens is 3. The largest absolute Gasteiger partial charge is 0.416 e. The topological polar surface area (TPSA) is 41.1 Å². The summed E-state index contributed by atoms with van der Waals surface area (Å²) in [6.45, 7) is 1.88. The van der Waals surface area contributed by atoms with Crippen molar-refractivity contribution in [3.63, 3.8) is 0 Å². The molecule has 0 aliphatic heterocycles. The van der Waals surface area contributed by atoms with Crippen molar-refractivity contribution in [1.29, 1.82) is 0 Å². The Bertz CT molecular complexity index is 510. The summed E-state index contributed by atoms with van der Waals surface area (Å²) >= 11 is 0. The average Bonchev–Trinajstić information content (AvgIpc) is 3.20. The lowest BCUT2D eigenvalue weighted by molar-refractivity contribution is -0.137. The second-order valence-electron chi connectivity index (χ2n) is 5.11. The standard InChI is InChI=1S/C14H17F3N2O/c1-8(9-3-4-9)19-13(20)11-7-10(14(15,16)17)5-6-12(11)18-2/h5-9,18H,3-4H2,1-2H3,(H,19,20). The lowest BCUT2D eigenvalue weighted by atomic mass is 10.1. The van der Waals surface area contributed by atoms with Crippen LogP contribution >= 0.6 is 0 Å². The van der Waals surface area contributed by atoms with Gasteiger partial charge in [0.15, 0.2) is 0 Å².